The van der Waals surface area contributed by atoms with E-state index in [2.05, 4.69) is 30.4 Å². The molecule has 0 aliphatic rings. The summed E-state index contributed by atoms with van der Waals surface area (Å²) in [5.74, 6) is -0.599. The lowest BCUT2D eigenvalue weighted by Gasteiger charge is -2.09. The third-order valence-electron chi connectivity index (χ3n) is 2.29. The van der Waals surface area contributed by atoms with Crippen LogP contribution < -0.4 is 4.72 Å². The zero-order valence-electron chi connectivity index (χ0n) is 10.4. The topological polar surface area (TPSA) is 85.4 Å². The molecule has 0 saturated heterocycles. The van der Waals surface area contributed by atoms with E-state index in [0.717, 1.165) is 0 Å². The van der Waals surface area contributed by atoms with Crippen LogP contribution in [-0.4, -0.2) is 43.6 Å². The van der Waals surface area contributed by atoms with E-state index in [-0.39, 0.29) is 12.3 Å². The van der Waals surface area contributed by atoms with Gasteiger partial charge < -0.3 is 4.74 Å². The highest BCUT2D eigenvalue weighted by Crippen LogP contribution is 2.02. The highest BCUT2D eigenvalue weighted by molar-refractivity contribution is 9.10. The Morgan fingerprint density at radius 2 is 2.26 bits per heavy atom. The number of aryl methyl sites for hydroxylation is 1. The van der Waals surface area contributed by atoms with Crippen LogP contribution in [0.15, 0.2) is 24.4 Å². The number of nitrogens with zero attached hydrogens (tertiary/aromatic N) is 1. The van der Waals surface area contributed by atoms with Crippen LogP contribution in [0.1, 0.15) is 5.69 Å². The largest absolute Gasteiger partial charge is 0.468 e. The number of ether oxygens (including phenoxy) is 1. The molecule has 1 aromatic rings. The molecule has 0 amide bonds. The number of esters is 1. The van der Waals surface area contributed by atoms with Gasteiger partial charge in [0.15, 0.2) is 0 Å². The van der Waals surface area contributed by atoms with Crippen molar-refractivity contribution in [2.45, 2.75) is 11.2 Å². The lowest BCUT2D eigenvalue weighted by molar-refractivity contribution is -0.139. The number of halogens is 1. The molecule has 0 saturated carbocycles. The number of sulfonamides is 1. The zero-order chi connectivity index (χ0) is 14.3. The minimum atomic E-state index is -3.44. The Morgan fingerprint density at radius 1 is 1.53 bits per heavy atom. The molecule has 0 spiro atoms. The minimum Gasteiger partial charge on any atom is -0.468 e. The third-order valence-corrected chi connectivity index (χ3v) is 4.34. The maximum atomic E-state index is 11.7. The summed E-state index contributed by atoms with van der Waals surface area (Å²) < 4.78 is 30.2. The average Bonchev–Trinajstić information content (AvgIpc) is 2.43. The van der Waals surface area contributed by atoms with Crippen molar-refractivity contribution in [1.82, 2.24) is 9.71 Å². The molecular formula is C11H15BrN2O4S. The Hall–Kier alpha value is -0.990. The molecule has 106 valence electrons. The van der Waals surface area contributed by atoms with Crippen LogP contribution in [0.4, 0.5) is 0 Å². The Balaban J connectivity index is 2.42. The number of carbonyl (C=O) groups excluding carboxylic acids is 1. The van der Waals surface area contributed by atoms with Gasteiger partial charge in [0.2, 0.25) is 10.0 Å². The molecule has 0 aromatic carbocycles. The van der Waals surface area contributed by atoms with Crippen molar-refractivity contribution < 1.29 is 17.9 Å². The molecule has 0 fully saturated rings. The second-order valence-corrected chi connectivity index (χ2v) is 6.76. The molecule has 0 bridgehead atoms. The first-order valence-corrected chi connectivity index (χ1v) is 8.10. The van der Waals surface area contributed by atoms with Gasteiger partial charge in [-0.2, -0.15) is 0 Å². The third kappa shape index (κ3) is 6.13. The summed E-state index contributed by atoms with van der Waals surface area (Å²) in [5.41, 5.74) is 0.705. The SMILES string of the molecule is COC(=O)C(Br)CNS(=O)(=O)CCc1ccccn1. The lowest BCUT2D eigenvalue weighted by atomic mass is 10.3. The van der Waals surface area contributed by atoms with Crippen LogP contribution in [0, 0.1) is 0 Å². The number of nitrogens with one attached hydrogen (secondary N) is 1. The highest BCUT2D eigenvalue weighted by Gasteiger charge is 2.18. The van der Waals surface area contributed by atoms with Gasteiger partial charge in [-0.1, -0.05) is 22.0 Å². The summed E-state index contributed by atoms with van der Waals surface area (Å²) in [6, 6.07) is 5.33. The first-order valence-electron chi connectivity index (χ1n) is 5.54. The van der Waals surface area contributed by atoms with Gasteiger partial charge in [0, 0.05) is 24.9 Å². The van der Waals surface area contributed by atoms with Crippen molar-refractivity contribution >= 4 is 31.9 Å². The molecule has 1 atom stereocenters. The van der Waals surface area contributed by atoms with Crippen LogP contribution in [0.25, 0.3) is 0 Å². The van der Waals surface area contributed by atoms with E-state index >= 15 is 0 Å². The standard InChI is InChI=1S/C11H15BrN2O4S/c1-18-11(15)10(12)8-14-19(16,17)7-5-9-4-2-3-6-13-9/h2-4,6,10,14H,5,7-8H2,1H3. The van der Waals surface area contributed by atoms with E-state index in [9.17, 15) is 13.2 Å². The van der Waals surface area contributed by atoms with Gasteiger partial charge in [-0.25, -0.2) is 13.1 Å². The second kappa shape index (κ2) is 7.56. The quantitative estimate of drug-likeness (QED) is 0.571. The van der Waals surface area contributed by atoms with Gasteiger partial charge in [0.25, 0.3) is 0 Å². The van der Waals surface area contributed by atoms with Gasteiger partial charge >= 0.3 is 5.97 Å². The Kier molecular flexibility index (Phi) is 6.40. The summed E-state index contributed by atoms with van der Waals surface area (Å²) in [6.07, 6.45) is 1.93. The van der Waals surface area contributed by atoms with Crippen molar-refractivity contribution in [3.05, 3.63) is 30.1 Å². The van der Waals surface area contributed by atoms with Crippen LogP contribution >= 0.6 is 15.9 Å². The Labute approximate surface area is 120 Å². The number of pyridine rings is 1. The van der Waals surface area contributed by atoms with E-state index in [0.29, 0.717) is 12.1 Å². The van der Waals surface area contributed by atoms with Gasteiger partial charge in [0.1, 0.15) is 4.83 Å². The number of alkyl halides is 1. The van der Waals surface area contributed by atoms with E-state index in [1.165, 1.54) is 7.11 Å². The number of hydrogen-bond acceptors (Lipinski definition) is 5. The summed E-state index contributed by atoms with van der Waals surface area (Å²) in [6.45, 7) is -0.0444. The summed E-state index contributed by atoms with van der Waals surface area (Å²) in [7, 11) is -2.20. The monoisotopic (exact) mass is 350 g/mol. The maximum absolute atomic E-state index is 11.7. The number of methoxy groups -OCH3 is 1. The molecule has 0 radical (unpaired) electrons. The van der Waals surface area contributed by atoms with Crippen molar-refractivity contribution in [1.29, 1.82) is 0 Å². The first kappa shape index (κ1) is 16.1. The van der Waals surface area contributed by atoms with Crippen LogP contribution in [-0.2, 0) is 26.0 Å². The van der Waals surface area contributed by atoms with Gasteiger partial charge in [-0.15, -0.1) is 0 Å². The second-order valence-electron chi connectivity index (χ2n) is 3.73. The molecule has 1 heterocycles. The van der Waals surface area contributed by atoms with Crippen LogP contribution in [0.5, 0.6) is 0 Å². The van der Waals surface area contributed by atoms with Crippen LogP contribution in [0.2, 0.25) is 0 Å². The fraction of sp³-hybridized carbons (Fsp3) is 0.455. The fourth-order valence-electron chi connectivity index (χ4n) is 1.27. The number of rotatable bonds is 7. The highest BCUT2D eigenvalue weighted by atomic mass is 79.9. The van der Waals surface area contributed by atoms with Gasteiger partial charge in [-0.3, -0.25) is 9.78 Å². The van der Waals surface area contributed by atoms with E-state index in [1.54, 1.807) is 24.4 Å². The maximum Gasteiger partial charge on any atom is 0.320 e. The molecule has 0 aliphatic heterocycles. The van der Waals surface area contributed by atoms with Crippen LogP contribution in [0.3, 0.4) is 0 Å². The van der Waals surface area contributed by atoms with Crippen molar-refractivity contribution in [3.63, 3.8) is 0 Å². The molecule has 8 heteroatoms. The summed E-state index contributed by atoms with van der Waals surface area (Å²) >= 11 is 3.04. The molecule has 19 heavy (non-hydrogen) atoms. The van der Waals surface area contributed by atoms with Gasteiger partial charge in [0.05, 0.1) is 12.9 Å². The van der Waals surface area contributed by atoms with E-state index in [4.69, 9.17) is 0 Å². The first-order chi connectivity index (χ1) is 8.94. The number of aromatic nitrogens is 1. The van der Waals surface area contributed by atoms with Crippen molar-refractivity contribution in [2.75, 3.05) is 19.4 Å². The minimum absolute atomic E-state index is 0.0444. The van der Waals surface area contributed by atoms with Crippen molar-refractivity contribution in [3.8, 4) is 0 Å². The lowest BCUT2D eigenvalue weighted by Crippen LogP contribution is -2.35. The average molecular weight is 351 g/mol. The van der Waals surface area contributed by atoms with Crippen molar-refractivity contribution in [2.24, 2.45) is 0 Å². The Bertz CT molecular complexity index is 507. The molecule has 1 unspecified atom stereocenters. The normalized spacial score (nSPS) is 12.9. The fourth-order valence-corrected chi connectivity index (χ4v) is 2.87. The number of carbonyl (C=O) groups is 1. The zero-order valence-corrected chi connectivity index (χ0v) is 12.8. The molecule has 1 aromatic heterocycles. The number of hydrogen-bond donors (Lipinski definition) is 1. The van der Waals surface area contributed by atoms with E-state index in [1.807, 2.05) is 0 Å². The Morgan fingerprint density at radius 3 is 2.84 bits per heavy atom. The molecule has 0 aliphatic carbocycles. The predicted octanol–water partition coefficient (Wildman–Crippen LogP) is 0.480. The molecule has 6 nitrogen and oxygen atoms in total. The summed E-state index contributed by atoms with van der Waals surface area (Å²) in [4.78, 5) is 14.4. The molecule has 1 rings (SSSR count). The summed E-state index contributed by atoms with van der Waals surface area (Å²) in [5, 5.41) is 0. The van der Waals surface area contributed by atoms with Gasteiger partial charge in [-0.05, 0) is 12.1 Å². The predicted molar refractivity (Wildman–Crippen MR) is 74.5 cm³/mol. The molecular weight excluding hydrogens is 336 g/mol. The van der Waals surface area contributed by atoms with E-state index < -0.39 is 20.8 Å². The molecule has 1 N–H and O–H groups in total. The smallest absolute Gasteiger partial charge is 0.320 e.